The number of amides is 1. The molecule has 0 unspecified atom stereocenters. The summed E-state index contributed by atoms with van der Waals surface area (Å²) in [6.07, 6.45) is 5.94. The Bertz CT molecular complexity index is 935. The van der Waals surface area contributed by atoms with E-state index in [1.807, 2.05) is 12.1 Å². The van der Waals surface area contributed by atoms with E-state index in [1.165, 1.54) is 32.4 Å². The summed E-state index contributed by atoms with van der Waals surface area (Å²) >= 11 is 1.58. The molecule has 1 aliphatic carbocycles. The Morgan fingerprint density at radius 2 is 1.91 bits per heavy atom. The van der Waals surface area contributed by atoms with Crippen LogP contribution in [-0.4, -0.2) is 75.4 Å². The van der Waals surface area contributed by atoms with Crippen molar-refractivity contribution < 1.29 is 19.7 Å². The van der Waals surface area contributed by atoms with Crippen LogP contribution in [0.25, 0.3) is 10.6 Å². The van der Waals surface area contributed by atoms with Gasteiger partial charge < -0.3 is 24.7 Å². The van der Waals surface area contributed by atoms with E-state index in [0.29, 0.717) is 31.7 Å². The Labute approximate surface area is 192 Å². The first kappa shape index (κ1) is 21.8. The quantitative estimate of drug-likeness (QED) is 0.693. The van der Waals surface area contributed by atoms with E-state index >= 15 is 0 Å². The molecule has 1 aromatic carbocycles. The third-order valence-electron chi connectivity index (χ3n) is 6.88. The highest BCUT2D eigenvalue weighted by Crippen LogP contribution is 2.34. The van der Waals surface area contributed by atoms with Gasteiger partial charge in [0.2, 0.25) is 0 Å². The number of hydrogen-bond acceptors (Lipinski definition) is 7. The average Bonchev–Trinajstić information content (AvgIpc) is 3.24. The molecule has 1 amide bonds. The summed E-state index contributed by atoms with van der Waals surface area (Å²) in [6, 6.07) is 8.86. The predicted molar refractivity (Wildman–Crippen MR) is 123 cm³/mol. The Hall–Kier alpha value is -2.00. The Morgan fingerprint density at radius 1 is 1.16 bits per heavy atom. The van der Waals surface area contributed by atoms with Gasteiger partial charge in [-0.1, -0.05) is 6.42 Å². The number of hydrogen-bond donors (Lipinski definition) is 2. The molecule has 0 bridgehead atoms. The van der Waals surface area contributed by atoms with Crippen LogP contribution in [0, 0.1) is 0 Å². The zero-order chi connectivity index (χ0) is 22.1. The predicted octanol–water partition coefficient (Wildman–Crippen LogP) is 2.44. The number of aromatic nitrogens is 1. The van der Waals surface area contributed by atoms with Crippen LogP contribution in [0.3, 0.4) is 0 Å². The SMILES string of the molecule is O=C([C@@H](O)CO)N1CCc2nc(-c3ccc(O[C@H]4C[C@H](N5CCCCC5)C4)cc3)sc2C1. The molecule has 2 N–H and O–H groups in total. The lowest BCUT2D eigenvalue weighted by atomic mass is 9.86. The third-order valence-corrected chi connectivity index (χ3v) is 8.01. The Balaban J connectivity index is 1.17. The second-order valence-corrected chi connectivity index (χ2v) is 10.2. The normalized spacial score (nSPS) is 24.5. The fraction of sp³-hybridized carbons (Fsp3) is 0.583. The molecule has 7 nitrogen and oxygen atoms in total. The van der Waals surface area contributed by atoms with Crippen molar-refractivity contribution in [2.45, 2.75) is 63.3 Å². The zero-order valence-corrected chi connectivity index (χ0v) is 19.1. The topological polar surface area (TPSA) is 86.1 Å². The van der Waals surface area contributed by atoms with E-state index < -0.39 is 18.6 Å². The van der Waals surface area contributed by atoms with E-state index in [-0.39, 0.29) is 0 Å². The van der Waals surface area contributed by atoms with Crippen molar-refractivity contribution in [3.8, 4) is 16.3 Å². The van der Waals surface area contributed by atoms with E-state index in [0.717, 1.165) is 39.7 Å². The first-order valence-corrected chi connectivity index (χ1v) is 12.5. The second kappa shape index (κ2) is 9.47. The van der Waals surface area contributed by atoms with Gasteiger partial charge in [-0.05, 0) is 50.2 Å². The highest BCUT2D eigenvalue weighted by molar-refractivity contribution is 7.15. The largest absolute Gasteiger partial charge is 0.490 e. The van der Waals surface area contributed by atoms with E-state index in [1.54, 1.807) is 16.2 Å². The maximum absolute atomic E-state index is 12.2. The summed E-state index contributed by atoms with van der Waals surface area (Å²) in [5.74, 6) is 0.486. The maximum atomic E-state index is 12.2. The molecule has 1 atom stereocenters. The average molecular weight is 458 g/mol. The number of benzene rings is 1. The van der Waals surface area contributed by atoms with Crippen molar-refractivity contribution in [3.63, 3.8) is 0 Å². The minimum Gasteiger partial charge on any atom is -0.490 e. The number of rotatable bonds is 6. The van der Waals surface area contributed by atoms with Gasteiger partial charge in [0.15, 0.2) is 6.10 Å². The van der Waals surface area contributed by atoms with Gasteiger partial charge in [-0.15, -0.1) is 11.3 Å². The zero-order valence-electron chi connectivity index (χ0n) is 18.3. The van der Waals surface area contributed by atoms with Crippen LogP contribution in [0.2, 0.25) is 0 Å². The molecular formula is C24H31N3O4S. The van der Waals surface area contributed by atoms with Gasteiger partial charge in [0.1, 0.15) is 16.9 Å². The Morgan fingerprint density at radius 3 is 2.62 bits per heavy atom. The van der Waals surface area contributed by atoms with Gasteiger partial charge in [-0.25, -0.2) is 4.98 Å². The highest BCUT2D eigenvalue weighted by Gasteiger charge is 2.35. The van der Waals surface area contributed by atoms with Crippen molar-refractivity contribution >= 4 is 17.2 Å². The molecule has 3 heterocycles. The number of thiazole rings is 1. The van der Waals surface area contributed by atoms with Crippen molar-refractivity contribution in [1.29, 1.82) is 0 Å². The van der Waals surface area contributed by atoms with Crippen LogP contribution in [0.4, 0.5) is 0 Å². The monoisotopic (exact) mass is 457 g/mol. The minimum absolute atomic E-state index is 0.317. The van der Waals surface area contributed by atoms with Crippen molar-refractivity contribution in [2.24, 2.45) is 0 Å². The lowest BCUT2D eigenvalue weighted by Gasteiger charge is -2.44. The molecule has 0 radical (unpaired) electrons. The van der Waals surface area contributed by atoms with Gasteiger partial charge >= 0.3 is 0 Å². The molecule has 2 aromatic rings. The number of ether oxygens (including phenoxy) is 1. The van der Waals surface area contributed by atoms with E-state index in [2.05, 4.69) is 17.0 Å². The van der Waals surface area contributed by atoms with Gasteiger partial charge in [0.25, 0.3) is 5.91 Å². The van der Waals surface area contributed by atoms with Gasteiger partial charge in [-0.2, -0.15) is 0 Å². The van der Waals surface area contributed by atoms with E-state index in [9.17, 15) is 9.90 Å². The lowest BCUT2D eigenvalue weighted by Crippen LogP contribution is -2.50. The number of nitrogens with zero attached hydrogens (tertiary/aromatic N) is 3. The molecule has 5 rings (SSSR count). The highest BCUT2D eigenvalue weighted by atomic mass is 32.1. The van der Waals surface area contributed by atoms with Crippen LogP contribution in [0.5, 0.6) is 5.75 Å². The minimum atomic E-state index is -1.35. The number of aliphatic hydroxyl groups excluding tert-OH is 2. The summed E-state index contributed by atoms with van der Waals surface area (Å²) < 4.78 is 6.19. The first-order chi connectivity index (χ1) is 15.6. The summed E-state index contributed by atoms with van der Waals surface area (Å²) in [5, 5.41) is 19.6. The number of aliphatic hydroxyl groups is 2. The van der Waals surface area contributed by atoms with Crippen molar-refractivity contribution in [1.82, 2.24) is 14.8 Å². The second-order valence-electron chi connectivity index (χ2n) is 9.08. The van der Waals surface area contributed by atoms with Gasteiger partial charge in [-0.3, -0.25) is 4.79 Å². The molecule has 32 heavy (non-hydrogen) atoms. The summed E-state index contributed by atoms with van der Waals surface area (Å²) in [4.78, 5) is 22.2. The van der Waals surface area contributed by atoms with E-state index in [4.69, 9.17) is 14.8 Å². The number of carbonyl (C=O) groups is 1. The molecule has 2 fully saturated rings. The molecular weight excluding hydrogens is 426 g/mol. The molecule has 1 aromatic heterocycles. The molecule has 172 valence electrons. The maximum Gasteiger partial charge on any atom is 0.254 e. The summed E-state index contributed by atoms with van der Waals surface area (Å²) in [5.41, 5.74) is 2.07. The molecule has 8 heteroatoms. The summed E-state index contributed by atoms with van der Waals surface area (Å²) in [6.45, 7) is 2.89. The summed E-state index contributed by atoms with van der Waals surface area (Å²) in [7, 11) is 0. The molecule has 1 saturated heterocycles. The van der Waals surface area contributed by atoms with Gasteiger partial charge in [0, 0.05) is 42.3 Å². The molecule has 1 saturated carbocycles. The number of piperidine rings is 1. The Kier molecular flexibility index (Phi) is 6.46. The van der Waals surface area contributed by atoms with Crippen LogP contribution in [0.1, 0.15) is 42.7 Å². The third kappa shape index (κ3) is 4.55. The van der Waals surface area contributed by atoms with Gasteiger partial charge in [0.05, 0.1) is 18.8 Å². The van der Waals surface area contributed by atoms with Crippen LogP contribution in [-0.2, 0) is 17.8 Å². The van der Waals surface area contributed by atoms with Crippen molar-refractivity contribution in [3.05, 3.63) is 34.8 Å². The molecule has 3 aliphatic rings. The molecule has 0 spiro atoms. The first-order valence-electron chi connectivity index (χ1n) is 11.7. The fourth-order valence-electron chi connectivity index (χ4n) is 4.88. The van der Waals surface area contributed by atoms with Crippen molar-refractivity contribution in [2.75, 3.05) is 26.2 Å². The van der Waals surface area contributed by atoms with Crippen LogP contribution < -0.4 is 4.74 Å². The lowest BCUT2D eigenvalue weighted by molar-refractivity contribution is -0.143. The number of fused-ring (bicyclic) bond motifs is 1. The smallest absolute Gasteiger partial charge is 0.254 e. The van der Waals surface area contributed by atoms with Crippen LogP contribution in [0.15, 0.2) is 24.3 Å². The molecule has 2 aliphatic heterocycles. The number of carbonyl (C=O) groups excluding carboxylic acids is 1. The number of likely N-dealkylation sites (tertiary alicyclic amines) is 1. The standard InChI is InChI=1S/C24H31N3O4S/c28-15-21(29)24(30)27-11-8-20-22(14-27)32-23(25-20)16-4-6-18(7-5-16)31-19-12-17(13-19)26-9-2-1-3-10-26/h4-7,17,19,21,28-29H,1-3,8-15H2/t17-,19-,21-/m0/s1. The van der Waals surface area contributed by atoms with Crippen LogP contribution >= 0.6 is 11.3 Å². The fourth-order valence-corrected chi connectivity index (χ4v) is 6.01.